The smallest absolute Gasteiger partial charge is 0.129 e. The lowest BCUT2D eigenvalue weighted by molar-refractivity contribution is 0.191. The summed E-state index contributed by atoms with van der Waals surface area (Å²) in [5, 5.41) is 3.41. The first kappa shape index (κ1) is 15.2. The maximum atomic E-state index is 4.40. The predicted octanol–water partition coefficient (Wildman–Crippen LogP) is 3.16. The average molecular weight is 276 g/mol. The Hall–Kier alpha value is -1.16. The molecule has 1 aromatic rings. The molecule has 0 spiro atoms. The fourth-order valence-corrected chi connectivity index (χ4v) is 3.06. The van der Waals surface area contributed by atoms with Crippen LogP contribution in [0.5, 0.6) is 0 Å². The number of anilines is 1. The van der Waals surface area contributed by atoms with Crippen LogP contribution in [0, 0.1) is 13.8 Å². The highest BCUT2D eigenvalue weighted by Gasteiger charge is 2.17. The monoisotopic (exact) mass is 276 g/mol. The molecule has 0 aromatic carbocycles. The van der Waals surface area contributed by atoms with E-state index in [0.29, 0.717) is 0 Å². The van der Waals surface area contributed by atoms with Crippen LogP contribution in [0.15, 0.2) is 6.07 Å². The number of rotatable bonds is 6. The minimum absolute atomic E-state index is 0.812. The van der Waals surface area contributed by atoms with Crippen LogP contribution in [0.25, 0.3) is 0 Å². The lowest BCUT2D eigenvalue weighted by Crippen LogP contribution is -2.34. The Morgan fingerprint density at radius 3 is 2.65 bits per heavy atom. The molecule has 0 unspecified atom stereocenters. The van der Waals surface area contributed by atoms with Crippen molar-refractivity contribution in [2.45, 2.75) is 58.4 Å². The summed E-state index contributed by atoms with van der Waals surface area (Å²) in [6.07, 6.45) is 8.18. The van der Waals surface area contributed by atoms with Gasteiger partial charge in [0, 0.05) is 24.3 Å². The number of hydrogen-bond donors (Lipinski definition) is 1. The first-order valence-electron chi connectivity index (χ1n) is 7.91. The number of hydrogen-bond acceptors (Lipinski definition) is 4. The largest absolute Gasteiger partial charge is 0.370 e. The molecular weight excluding hydrogens is 248 g/mol. The van der Waals surface area contributed by atoms with Crippen LogP contribution < -0.4 is 5.32 Å². The van der Waals surface area contributed by atoms with Gasteiger partial charge in [-0.15, -0.1) is 0 Å². The molecule has 20 heavy (non-hydrogen) atoms. The molecule has 0 aliphatic heterocycles. The van der Waals surface area contributed by atoms with E-state index in [1.807, 2.05) is 19.9 Å². The molecule has 4 heteroatoms. The molecular formula is C16H28N4. The van der Waals surface area contributed by atoms with Crippen LogP contribution >= 0.6 is 0 Å². The van der Waals surface area contributed by atoms with Crippen molar-refractivity contribution in [1.29, 1.82) is 0 Å². The zero-order valence-corrected chi connectivity index (χ0v) is 13.2. The lowest BCUT2D eigenvalue weighted by Gasteiger charge is -2.31. The van der Waals surface area contributed by atoms with Crippen molar-refractivity contribution >= 4 is 5.82 Å². The highest BCUT2D eigenvalue weighted by atomic mass is 15.1. The van der Waals surface area contributed by atoms with Crippen molar-refractivity contribution < 1.29 is 0 Å². The number of nitrogens with one attached hydrogen (secondary N) is 1. The summed E-state index contributed by atoms with van der Waals surface area (Å²) >= 11 is 0. The zero-order valence-electron chi connectivity index (χ0n) is 13.2. The fourth-order valence-electron chi connectivity index (χ4n) is 3.06. The van der Waals surface area contributed by atoms with Gasteiger partial charge in [0.25, 0.3) is 0 Å². The third kappa shape index (κ3) is 4.75. The van der Waals surface area contributed by atoms with Gasteiger partial charge in [0.1, 0.15) is 11.6 Å². The molecule has 4 nitrogen and oxygen atoms in total. The Morgan fingerprint density at radius 2 is 1.95 bits per heavy atom. The van der Waals surface area contributed by atoms with Crippen molar-refractivity contribution in [2.75, 3.05) is 25.5 Å². The lowest BCUT2D eigenvalue weighted by atomic mass is 9.94. The number of aryl methyl sites for hydroxylation is 2. The SMILES string of the molecule is Cc1cc(NCCCN(C)C2CCCCC2)nc(C)n1. The van der Waals surface area contributed by atoms with E-state index in [4.69, 9.17) is 0 Å². The quantitative estimate of drug-likeness (QED) is 0.810. The molecule has 1 heterocycles. The molecule has 0 amide bonds. The van der Waals surface area contributed by atoms with E-state index < -0.39 is 0 Å². The van der Waals surface area contributed by atoms with Crippen molar-refractivity contribution in [3.05, 3.63) is 17.6 Å². The van der Waals surface area contributed by atoms with Crippen LogP contribution in [0.4, 0.5) is 5.82 Å². The van der Waals surface area contributed by atoms with E-state index in [1.165, 1.54) is 38.6 Å². The van der Waals surface area contributed by atoms with E-state index >= 15 is 0 Å². The van der Waals surface area contributed by atoms with E-state index in [-0.39, 0.29) is 0 Å². The van der Waals surface area contributed by atoms with Crippen LogP contribution in [-0.2, 0) is 0 Å². The Labute approximate surface area is 123 Å². The molecule has 0 bridgehead atoms. The summed E-state index contributed by atoms with van der Waals surface area (Å²) in [4.78, 5) is 11.2. The first-order chi connectivity index (χ1) is 9.65. The first-order valence-corrected chi connectivity index (χ1v) is 7.91. The van der Waals surface area contributed by atoms with Crippen LogP contribution in [0.3, 0.4) is 0 Å². The average Bonchev–Trinajstić information content (AvgIpc) is 2.43. The number of aromatic nitrogens is 2. The molecule has 1 N–H and O–H groups in total. The van der Waals surface area contributed by atoms with Gasteiger partial charge in [-0.1, -0.05) is 19.3 Å². The van der Waals surface area contributed by atoms with Crippen molar-refractivity contribution in [3.63, 3.8) is 0 Å². The molecule has 1 aromatic heterocycles. The van der Waals surface area contributed by atoms with Gasteiger partial charge in [-0.2, -0.15) is 0 Å². The van der Waals surface area contributed by atoms with Crippen molar-refractivity contribution in [3.8, 4) is 0 Å². The van der Waals surface area contributed by atoms with Crippen molar-refractivity contribution in [2.24, 2.45) is 0 Å². The van der Waals surface area contributed by atoms with Gasteiger partial charge < -0.3 is 10.2 Å². The summed E-state index contributed by atoms with van der Waals surface area (Å²) in [5.41, 5.74) is 1.03. The van der Waals surface area contributed by atoms with Gasteiger partial charge >= 0.3 is 0 Å². The van der Waals surface area contributed by atoms with Crippen LogP contribution in [0.2, 0.25) is 0 Å². The standard InChI is InChI=1S/C16H28N4/c1-13-12-16(19-14(2)18-13)17-10-7-11-20(3)15-8-5-4-6-9-15/h12,15H,4-11H2,1-3H3,(H,17,18,19). The molecule has 1 saturated carbocycles. The van der Waals surface area contributed by atoms with Gasteiger partial charge in [-0.05, 0) is 46.7 Å². The van der Waals surface area contributed by atoms with E-state index in [1.54, 1.807) is 0 Å². The maximum Gasteiger partial charge on any atom is 0.129 e. The summed E-state index contributed by atoms with van der Waals surface area (Å²) in [5.74, 6) is 1.79. The molecule has 0 radical (unpaired) electrons. The highest BCUT2D eigenvalue weighted by molar-refractivity contribution is 5.35. The molecule has 1 aliphatic carbocycles. The van der Waals surface area contributed by atoms with Gasteiger partial charge in [0.15, 0.2) is 0 Å². The Morgan fingerprint density at radius 1 is 1.20 bits per heavy atom. The van der Waals surface area contributed by atoms with E-state index in [0.717, 1.165) is 36.3 Å². The summed E-state index contributed by atoms with van der Waals surface area (Å²) in [6.45, 7) is 6.10. The molecule has 112 valence electrons. The summed E-state index contributed by atoms with van der Waals surface area (Å²) < 4.78 is 0. The molecule has 0 saturated heterocycles. The van der Waals surface area contributed by atoms with Gasteiger partial charge in [-0.3, -0.25) is 0 Å². The van der Waals surface area contributed by atoms with Gasteiger partial charge in [0.05, 0.1) is 0 Å². The molecule has 1 aliphatic rings. The predicted molar refractivity (Wildman–Crippen MR) is 84.1 cm³/mol. The minimum atomic E-state index is 0.812. The molecule has 2 rings (SSSR count). The maximum absolute atomic E-state index is 4.40. The van der Waals surface area contributed by atoms with Crippen LogP contribution in [-0.4, -0.2) is 41.0 Å². The third-order valence-corrected chi connectivity index (χ3v) is 4.16. The number of nitrogens with zero attached hydrogens (tertiary/aromatic N) is 3. The second kappa shape index (κ2) is 7.58. The topological polar surface area (TPSA) is 41.0 Å². The zero-order chi connectivity index (χ0) is 14.4. The molecule has 0 atom stereocenters. The van der Waals surface area contributed by atoms with E-state index in [2.05, 4.69) is 27.2 Å². The summed E-state index contributed by atoms with van der Waals surface area (Å²) in [6, 6.07) is 2.82. The summed E-state index contributed by atoms with van der Waals surface area (Å²) in [7, 11) is 2.27. The Kier molecular flexibility index (Phi) is 5.77. The highest BCUT2D eigenvalue weighted by Crippen LogP contribution is 2.21. The van der Waals surface area contributed by atoms with E-state index in [9.17, 15) is 0 Å². The molecule has 1 fully saturated rings. The van der Waals surface area contributed by atoms with Crippen LogP contribution in [0.1, 0.15) is 50.0 Å². The second-order valence-electron chi connectivity index (χ2n) is 5.99. The van der Waals surface area contributed by atoms with Gasteiger partial charge in [-0.25, -0.2) is 9.97 Å². The van der Waals surface area contributed by atoms with Gasteiger partial charge in [0.2, 0.25) is 0 Å². The fraction of sp³-hybridized carbons (Fsp3) is 0.750. The Balaban J connectivity index is 1.67. The van der Waals surface area contributed by atoms with Crippen molar-refractivity contribution in [1.82, 2.24) is 14.9 Å². The second-order valence-corrected chi connectivity index (χ2v) is 5.99. The minimum Gasteiger partial charge on any atom is -0.370 e. The third-order valence-electron chi connectivity index (χ3n) is 4.16. The normalized spacial score (nSPS) is 16.6. The Bertz CT molecular complexity index is 393.